The molecule has 1 atom stereocenters. The first-order valence-corrected chi connectivity index (χ1v) is 6.92. The average Bonchev–Trinajstić information content (AvgIpc) is 2.45. The molecule has 0 bridgehead atoms. The van der Waals surface area contributed by atoms with Crippen molar-refractivity contribution in [1.82, 2.24) is 4.98 Å². The van der Waals surface area contributed by atoms with E-state index in [0.717, 1.165) is 17.2 Å². The van der Waals surface area contributed by atoms with Crippen LogP contribution in [0.3, 0.4) is 0 Å². The average molecular weight is 298 g/mol. The van der Waals surface area contributed by atoms with E-state index in [1.54, 1.807) is 18.3 Å². The third-order valence-electron chi connectivity index (χ3n) is 2.69. The molecule has 0 spiro atoms. The van der Waals surface area contributed by atoms with Crippen LogP contribution in [0.1, 0.15) is 17.2 Å². The quantitative estimate of drug-likeness (QED) is 0.870. The zero-order valence-electron chi connectivity index (χ0n) is 10.5. The molecule has 2 N–H and O–H groups in total. The van der Waals surface area contributed by atoms with Crippen molar-refractivity contribution in [3.8, 4) is 0 Å². The maximum atomic E-state index is 12.6. The Kier molecular flexibility index (Phi) is 4.67. The maximum Gasteiger partial charge on any atom is 0.416 e. The second-order valence-electron chi connectivity index (χ2n) is 4.21. The summed E-state index contributed by atoms with van der Waals surface area (Å²) in [7, 11) is 0. The standard InChI is InChI=1S/C14H13F3N2S/c15-14(16,17)11-5-3-4-10(8-11)12(18)9-20-13-6-1-2-7-19-13/h1-8,12H,9,18H2. The summed E-state index contributed by atoms with van der Waals surface area (Å²) in [5.74, 6) is 0.471. The lowest BCUT2D eigenvalue weighted by molar-refractivity contribution is -0.137. The largest absolute Gasteiger partial charge is 0.416 e. The molecule has 1 aromatic carbocycles. The number of thioether (sulfide) groups is 1. The molecule has 0 fully saturated rings. The van der Waals surface area contributed by atoms with E-state index in [9.17, 15) is 13.2 Å². The van der Waals surface area contributed by atoms with Crippen molar-refractivity contribution in [3.05, 3.63) is 59.8 Å². The third-order valence-corrected chi connectivity index (χ3v) is 3.75. The molecule has 0 aliphatic carbocycles. The number of aromatic nitrogens is 1. The number of halogens is 3. The Hall–Kier alpha value is -1.53. The lowest BCUT2D eigenvalue weighted by Crippen LogP contribution is -2.14. The van der Waals surface area contributed by atoms with E-state index >= 15 is 0 Å². The van der Waals surface area contributed by atoms with Crippen molar-refractivity contribution in [2.24, 2.45) is 5.73 Å². The van der Waals surface area contributed by atoms with Gasteiger partial charge in [0.25, 0.3) is 0 Å². The summed E-state index contributed by atoms with van der Waals surface area (Å²) in [5, 5.41) is 0.801. The minimum atomic E-state index is -4.34. The number of hydrogen-bond acceptors (Lipinski definition) is 3. The van der Waals surface area contributed by atoms with Gasteiger partial charge in [-0.3, -0.25) is 0 Å². The Morgan fingerprint density at radius 3 is 2.60 bits per heavy atom. The van der Waals surface area contributed by atoms with E-state index in [2.05, 4.69) is 4.98 Å². The van der Waals surface area contributed by atoms with Crippen molar-refractivity contribution in [3.63, 3.8) is 0 Å². The Labute approximate surface area is 119 Å². The molecule has 0 aliphatic rings. The first kappa shape index (κ1) is 14.9. The second-order valence-corrected chi connectivity index (χ2v) is 5.25. The highest BCUT2D eigenvalue weighted by molar-refractivity contribution is 7.99. The summed E-state index contributed by atoms with van der Waals surface area (Å²) in [4.78, 5) is 4.13. The molecule has 1 unspecified atom stereocenters. The molecule has 6 heteroatoms. The molecule has 0 aliphatic heterocycles. The molecule has 0 saturated heterocycles. The van der Waals surface area contributed by atoms with Crippen LogP contribution < -0.4 is 5.73 Å². The van der Waals surface area contributed by atoms with Crippen LogP contribution >= 0.6 is 11.8 Å². The number of alkyl halides is 3. The zero-order chi connectivity index (χ0) is 14.6. The Bertz CT molecular complexity index is 558. The number of pyridine rings is 1. The van der Waals surface area contributed by atoms with Gasteiger partial charge in [-0.05, 0) is 29.8 Å². The molecular formula is C14H13F3N2S. The molecule has 2 nitrogen and oxygen atoms in total. The maximum absolute atomic E-state index is 12.6. The van der Waals surface area contributed by atoms with E-state index in [1.165, 1.54) is 17.8 Å². The van der Waals surface area contributed by atoms with Crippen molar-refractivity contribution >= 4 is 11.8 Å². The summed E-state index contributed by atoms with van der Waals surface area (Å²) in [6.45, 7) is 0. The smallest absolute Gasteiger partial charge is 0.323 e. The first-order chi connectivity index (χ1) is 9.47. The van der Waals surface area contributed by atoms with Crippen LogP contribution in [0, 0.1) is 0 Å². The minimum absolute atomic E-state index is 0.468. The molecule has 0 radical (unpaired) electrons. The first-order valence-electron chi connectivity index (χ1n) is 5.93. The second kappa shape index (κ2) is 6.28. The number of rotatable bonds is 4. The van der Waals surface area contributed by atoms with Gasteiger partial charge in [0.2, 0.25) is 0 Å². The van der Waals surface area contributed by atoms with Crippen LogP contribution in [-0.4, -0.2) is 10.7 Å². The number of hydrogen-bond donors (Lipinski definition) is 1. The lowest BCUT2D eigenvalue weighted by Gasteiger charge is -2.14. The monoisotopic (exact) mass is 298 g/mol. The van der Waals surface area contributed by atoms with Crippen LogP contribution in [0.4, 0.5) is 13.2 Å². The highest BCUT2D eigenvalue weighted by atomic mass is 32.2. The van der Waals surface area contributed by atoms with Crippen molar-refractivity contribution in [2.75, 3.05) is 5.75 Å². The van der Waals surface area contributed by atoms with Crippen molar-refractivity contribution < 1.29 is 13.2 Å². The van der Waals surface area contributed by atoms with Crippen LogP contribution in [0.2, 0.25) is 0 Å². The zero-order valence-corrected chi connectivity index (χ0v) is 11.3. The van der Waals surface area contributed by atoms with Crippen molar-refractivity contribution in [2.45, 2.75) is 17.2 Å². The number of benzene rings is 1. The van der Waals surface area contributed by atoms with Gasteiger partial charge in [-0.15, -0.1) is 11.8 Å². The van der Waals surface area contributed by atoms with Crippen LogP contribution in [0.25, 0.3) is 0 Å². The molecule has 20 heavy (non-hydrogen) atoms. The van der Waals surface area contributed by atoms with Gasteiger partial charge < -0.3 is 5.73 Å². The predicted octanol–water partition coefficient (Wildman–Crippen LogP) is 3.89. The molecular weight excluding hydrogens is 285 g/mol. The minimum Gasteiger partial charge on any atom is -0.323 e. The summed E-state index contributed by atoms with van der Waals surface area (Å²) in [5.41, 5.74) is 5.74. The molecule has 0 amide bonds. The van der Waals surface area contributed by atoms with Crippen LogP contribution in [0.5, 0.6) is 0 Å². The lowest BCUT2D eigenvalue weighted by atomic mass is 10.1. The highest BCUT2D eigenvalue weighted by Gasteiger charge is 2.30. The molecule has 1 heterocycles. The summed E-state index contributed by atoms with van der Waals surface area (Å²) in [6, 6.07) is 10.2. The fourth-order valence-electron chi connectivity index (χ4n) is 1.65. The molecule has 106 valence electrons. The molecule has 2 aromatic rings. The van der Waals surface area contributed by atoms with Gasteiger partial charge in [0.15, 0.2) is 0 Å². The number of nitrogens with zero attached hydrogens (tertiary/aromatic N) is 1. The van der Waals surface area contributed by atoms with E-state index in [1.807, 2.05) is 12.1 Å². The van der Waals surface area contributed by atoms with E-state index in [-0.39, 0.29) is 0 Å². The van der Waals surface area contributed by atoms with E-state index in [4.69, 9.17) is 5.73 Å². The normalized spacial score (nSPS) is 13.2. The molecule has 2 rings (SSSR count). The van der Waals surface area contributed by atoms with Gasteiger partial charge in [-0.25, -0.2) is 4.98 Å². The summed E-state index contributed by atoms with van der Waals surface area (Å²) >= 11 is 1.42. The van der Waals surface area contributed by atoms with Gasteiger partial charge in [0, 0.05) is 18.0 Å². The summed E-state index contributed by atoms with van der Waals surface area (Å²) in [6.07, 6.45) is -2.68. The van der Waals surface area contributed by atoms with Gasteiger partial charge in [0.05, 0.1) is 10.6 Å². The van der Waals surface area contributed by atoms with E-state index < -0.39 is 17.8 Å². The van der Waals surface area contributed by atoms with Crippen LogP contribution in [-0.2, 0) is 6.18 Å². The number of nitrogens with two attached hydrogens (primary N) is 1. The van der Waals surface area contributed by atoms with Gasteiger partial charge in [-0.2, -0.15) is 13.2 Å². The molecule has 1 aromatic heterocycles. The summed E-state index contributed by atoms with van der Waals surface area (Å²) < 4.78 is 37.9. The fraction of sp³-hybridized carbons (Fsp3) is 0.214. The Morgan fingerprint density at radius 1 is 1.15 bits per heavy atom. The van der Waals surface area contributed by atoms with Crippen LogP contribution in [0.15, 0.2) is 53.7 Å². The topological polar surface area (TPSA) is 38.9 Å². The van der Waals surface area contributed by atoms with Crippen molar-refractivity contribution in [1.29, 1.82) is 0 Å². The Balaban J connectivity index is 2.04. The SMILES string of the molecule is NC(CSc1ccccn1)c1cccc(C(F)(F)F)c1. The predicted molar refractivity (Wildman–Crippen MR) is 73.3 cm³/mol. The van der Waals surface area contributed by atoms with Gasteiger partial charge >= 0.3 is 6.18 Å². The van der Waals surface area contributed by atoms with Gasteiger partial charge in [-0.1, -0.05) is 18.2 Å². The fourth-order valence-corrected chi connectivity index (χ4v) is 2.50. The van der Waals surface area contributed by atoms with Gasteiger partial charge in [0.1, 0.15) is 0 Å². The van der Waals surface area contributed by atoms with E-state index in [0.29, 0.717) is 11.3 Å². The highest BCUT2D eigenvalue weighted by Crippen LogP contribution is 2.31. The third kappa shape index (κ3) is 3.98. The molecule has 0 saturated carbocycles. The Morgan fingerprint density at radius 2 is 1.95 bits per heavy atom.